The molecule has 0 fully saturated rings. The molecular weight excluding hydrogens is 224 g/mol. The highest BCUT2D eigenvalue weighted by Crippen LogP contribution is 2.33. The van der Waals surface area contributed by atoms with Gasteiger partial charge in [-0.1, -0.05) is 30.0 Å². The van der Waals surface area contributed by atoms with E-state index >= 15 is 0 Å². The van der Waals surface area contributed by atoms with E-state index in [-0.39, 0.29) is 0 Å². The van der Waals surface area contributed by atoms with Crippen LogP contribution in [0.3, 0.4) is 0 Å². The van der Waals surface area contributed by atoms with E-state index in [0.717, 1.165) is 0 Å². The van der Waals surface area contributed by atoms with Crippen LogP contribution in [0, 0.1) is 27.7 Å². The molecule has 1 heteroatoms. The molecular formula is C16H18S. The zero-order chi connectivity index (χ0) is 12.4. The third-order valence-corrected chi connectivity index (χ3v) is 4.56. The molecule has 0 amide bonds. The van der Waals surface area contributed by atoms with Gasteiger partial charge in [-0.3, -0.25) is 0 Å². The smallest absolute Gasteiger partial charge is 0.0157 e. The van der Waals surface area contributed by atoms with E-state index in [1.807, 2.05) is 11.8 Å². The van der Waals surface area contributed by atoms with Gasteiger partial charge in [0.05, 0.1) is 0 Å². The molecule has 0 aliphatic carbocycles. The Labute approximate surface area is 108 Å². The molecule has 2 rings (SSSR count). The Morgan fingerprint density at radius 1 is 0.765 bits per heavy atom. The summed E-state index contributed by atoms with van der Waals surface area (Å²) >= 11 is 1.85. The van der Waals surface area contributed by atoms with E-state index in [0.29, 0.717) is 0 Å². The second kappa shape index (κ2) is 4.97. The summed E-state index contributed by atoms with van der Waals surface area (Å²) in [6, 6.07) is 12.9. The summed E-state index contributed by atoms with van der Waals surface area (Å²) in [6.07, 6.45) is 0. The second-order valence-corrected chi connectivity index (χ2v) is 5.60. The van der Waals surface area contributed by atoms with Gasteiger partial charge in [0.2, 0.25) is 0 Å². The van der Waals surface area contributed by atoms with Crippen molar-refractivity contribution in [2.75, 3.05) is 0 Å². The summed E-state index contributed by atoms with van der Waals surface area (Å²) in [5.74, 6) is 0. The van der Waals surface area contributed by atoms with E-state index in [1.54, 1.807) is 0 Å². The molecule has 0 aliphatic rings. The average molecular weight is 242 g/mol. The molecule has 0 atom stereocenters. The summed E-state index contributed by atoms with van der Waals surface area (Å²) in [5.41, 5.74) is 5.62. The van der Waals surface area contributed by atoms with Crippen molar-refractivity contribution in [1.29, 1.82) is 0 Å². The lowest BCUT2D eigenvalue weighted by Crippen LogP contribution is -1.93. The lowest BCUT2D eigenvalue weighted by atomic mass is 10.00. The predicted octanol–water partition coefficient (Wildman–Crippen LogP) is 5.07. The Morgan fingerprint density at radius 2 is 1.41 bits per heavy atom. The molecule has 0 aliphatic heterocycles. The topological polar surface area (TPSA) is 0 Å². The molecule has 0 unspecified atom stereocenters. The first kappa shape index (κ1) is 12.3. The van der Waals surface area contributed by atoms with Crippen molar-refractivity contribution in [2.24, 2.45) is 0 Å². The molecule has 0 saturated carbocycles. The van der Waals surface area contributed by atoms with E-state index in [2.05, 4.69) is 64.1 Å². The van der Waals surface area contributed by atoms with Gasteiger partial charge in [0.15, 0.2) is 0 Å². The van der Waals surface area contributed by atoms with Crippen molar-refractivity contribution >= 4 is 11.8 Å². The summed E-state index contributed by atoms with van der Waals surface area (Å²) in [7, 11) is 0. The Balaban J connectivity index is 2.41. The molecule has 0 saturated heterocycles. The van der Waals surface area contributed by atoms with Crippen molar-refractivity contribution in [2.45, 2.75) is 37.5 Å². The van der Waals surface area contributed by atoms with Gasteiger partial charge in [-0.15, -0.1) is 0 Å². The van der Waals surface area contributed by atoms with Gasteiger partial charge in [0.1, 0.15) is 0 Å². The summed E-state index contributed by atoms with van der Waals surface area (Å²) < 4.78 is 0. The molecule has 17 heavy (non-hydrogen) atoms. The van der Waals surface area contributed by atoms with Crippen LogP contribution >= 0.6 is 11.8 Å². The summed E-state index contributed by atoms with van der Waals surface area (Å²) in [6.45, 7) is 8.82. The van der Waals surface area contributed by atoms with Gasteiger partial charge >= 0.3 is 0 Å². The molecule has 2 aromatic rings. The second-order valence-electron chi connectivity index (χ2n) is 4.48. The Bertz CT molecular complexity index is 527. The first-order valence-electron chi connectivity index (χ1n) is 5.90. The maximum atomic E-state index is 2.30. The molecule has 88 valence electrons. The van der Waals surface area contributed by atoms with Gasteiger partial charge in [-0.2, -0.15) is 0 Å². The fourth-order valence-corrected chi connectivity index (χ4v) is 2.99. The maximum Gasteiger partial charge on any atom is 0.0157 e. The standard InChI is InChI=1S/C16H18S/c1-11-10-16(14(4)13(3)12(11)2)17-15-8-6-5-7-9-15/h5-10H,1-4H3. The molecule has 2 aromatic carbocycles. The van der Waals surface area contributed by atoms with Gasteiger partial charge in [-0.05, 0) is 68.1 Å². The number of hydrogen-bond donors (Lipinski definition) is 0. The van der Waals surface area contributed by atoms with E-state index < -0.39 is 0 Å². The molecule has 0 bridgehead atoms. The minimum Gasteiger partial charge on any atom is -0.0898 e. The van der Waals surface area contributed by atoms with Crippen molar-refractivity contribution in [3.8, 4) is 0 Å². The quantitative estimate of drug-likeness (QED) is 0.708. The highest BCUT2D eigenvalue weighted by molar-refractivity contribution is 7.99. The predicted molar refractivity (Wildman–Crippen MR) is 76.0 cm³/mol. The first-order chi connectivity index (χ1) is 8.09. The van der Waals surface area contributed by atoms with Crippen LogP contribution in [-0.2, 0) is 0 Å². The van der Waals surface area contributed by atoms with Crippen molar-refractivity contribution < 1.29 is 0 Å². The van der Waals surface area contributed by atoms with Crippen molar-refractivity contribution in [3.63, 3.8) is 0 Å². The van der Waals surface area contributed by atoms with Gasteiger partial charge in [0.25, 0.3) is 0 Å². The van der Waals surface area contributed by atoms with Crippen molar-refractivity contribution in [1.82, 2.24) is 0 Å². The van der Waals surface area contributed by atoms with Crippen LogP contribution in [0.2, 0.25) is 0 Å². The highest BCUT2D eigenvalue weighted by atomic mass is 32.2. The van der Waals surface area contributed by atoms with Gasteiger partial charge in [-0.25, -0.2) is 0 Å². The number of hydrogen-bond acceptors (Lipinski definition) is 1. The Kier molecular flexibility index (Phi) is 3.58. The Morgan fingerprint density at radius 3 is 2.06 bits per heavy atom. The van der Waals surface area contributed by atoms with E-state index in [4.69, 9.17) is 0 Å². The zero-order valence-electron chi connectivity index (χ0n) is 10.9. The molecule has 0 spiro atoms. The van der Waals surface area contributed by atoms with Crippen LogP contribution in [-0.4, -0.2) is 0 Å². The lowest BCUT2D eigenvalue weighted by molar-refractivity contribution is 1.14. The van der Waals surface area contributed by atoms with Crippen LogP contribution in [0.25, 0.3) is 0 Å². The Hall–Kier alpha value is -1.21. The number of aryl methyl sites for hydroxylation is 1. The van der Waals surface area contributed by atoms with Crippen LogP contribution in [0.4, 0.5) is 0 Å². The molecule has 0 aromatic heterocycles. The summed E-state index contributed by atoms with van der Waals surface area (Å²) in [4.78, 5) is 2.68. The van der Waals surface area contributed by atoms with Crippen LogP contribution in [0.15, 0.2) is 46.2 Å². The monoisotopic (exact) mass is 242 g/mol. The van der Waals surface area contributed by atoms with E-state index in [1.165, 1.54) is 32.0 Å². The van der Waals surface area contributed by atoms with Crippen LogP contribution in [0.5, 0.6) is 0 Å². The highest BCUT2D eigenvalue weighted by Gasteiger charge is 2.08. The zero-order valence-corrected chi connectivity index (χ0v) is 11.7. The molecule has 0 heterocycles. The van der Waals surface area contributed by atoms with E-state index in [9.17, 15) is 0 Å². The molecule has 0 nitrogen and oxygen atoms in total. The molecule has 0 radical (unpaired) electrons. The van der Waals surface area contributed by atoms with Crippen LogP contribution in [0.1, 0.15) is 22.3 Å². The fourth-order valence-electron chi connectivity index (χ4n) is 1.90. The minimum atomic E-state index is 1.30. The minimum absolute atomic E-state index is 1.30. The average Bonchev–Trinajstić information content (AvgIpc) is 2.35. The third kappa shape index (κ3) is 2.55. The van der Waals surface area contributed by atoms with Gasteiger partial charge in [0, 0.05) is 9.79 Å². The lowest BCUT2D eigenvalue weighted by Gasteiger charge is -2.13. The van der Waals surface area contributed by atoms with Crippen LogP contribution < -0.4 is 0 Å². The largest absolute Gasteiger partial charge is 0.0898 e. The maximum absolute atomic E-state index is 2.30. The normalized spacial score (nSPS) is 10.6. The summed E-state index contributed by atoms with van der Waals surface area (Å²) in [5, 5.41) is 0. The SMILES string of the molecule is Cc1cc(Sc2ccccc2)c(C)c(C)c1C. The molecule has 0 N–H and O–H groups in total. The van der Waals surface area contributed by atoms with Gasteiger partial charge < -0.3 is 0 Å². The number of benzene rings is 2. The number of rotatable bonds is 2. The first-order valence-corrected chi connectivity index (χ1v) is 6.71. The third-order valence-electron chi connectivity index (χ3n) is 3.40. The van der Waals surface area contributed by atoms with Crippen molar-refractivity contribution in [3.05, 3.63) is 58.7 Å². The fraction of sp³-hybridized carbons (Fsp3) is 0.250.